The number of hydrogen-bond donors (Lipinski definition) is 1. The van der Waals surface area contributed by atoms with E-state index in [1.807, 2.05) is 6.07 Å². The summed E-state index contributed by atoms with van der Waals surface area (Å²) in [5.41, 5.74) is 6.71. The van der Waals surface area contributed by atoms with E-state index in [2.05, 4.69) is 0 Å². The van der Waals surface area contributed by atoms with Gasteiger partial charge in [0.2, 0.25) is 0 Å². The number of nitrogens with two attached hydrogens (primary N) is 1. The van der Waals surface area contributed by atoms with E-state index in [-0.39, 0.29) is 18.0 Å². The van der Waals surface area contributed by atoms with E-state index < -0.39 is 10.8 Å². The molecule has 5 nitrogen and oxygen atoms in total. The standard InChI is InChI=1S/C20H29NO4/c1-19(2,3)17(22)24-15-10-7-12-11-13(21)8-9-14(12)16(15)25-18(23)20(4,5)6/h7,10,13H,8-9,11,21H2,1-6H3. The lowest BCUT2D eigenvalue weighted by Gasteiger charge is -2.27. The monoisotopic (exact) mass is 347 g/mol. The summed E-state index contributed by atoms with van der Waals surface area (Å²) in [5, 5.41) is 0. The zero-order chi connectivity index (χ0) is 19.0. The summed E-state index contributed by atoms with van der Waals surface area (Å²) >= 11 is 0. The van der Waals surface area contributed by atoms with Crippen molar-refractivity contribution in [1.29, 1.82) is 0 Å². The van der Waals surface area contributed by atoms with Crippen molar-refractivity contribution >= 4 is 11.9 Å². The molecule has 1 unspecified atom stereocenters. The van der Waals surface area contributed by atoms with Crippen LogP contribution in [0.1, 0.15) is 59.1 Å². The Morgan fingerprint density at radius 3 is 2.12 bits per heavy atom. The summed E-state index contributed by atoms with van der Waals surface area (Å²) in [6.07, 6.45) is 2.23. The average molecular weight is 347 g/mol. The molecule has 0 saturated heterocycles. The van der Waals surface area contributed by atoms with Crippen LogP contribution in [0.3, 0.4) is 0 Å². The van der Waals surface area contributed by atoms with Gasteiger partial charge in [-0.25, -0.2) is 0 Å². The summed E-state index contributed by atoms with van der Waals surface area (Å²) in [6, 6.07) is 3.71. The van der Waals surface area contributed by atoms with Gasteiger partial charge in [-0.3, -0.25) is 9.59 Å². The quantitative estimate of drug-likeness (QED) is 0.655. The number of carbonyl (C=O) groups is 2. The Morgan fingerprint density at radius 2 is 1.56 bits per heavy atom. The van der Waals surface area contributed by atoms with Gasteiger partial charge in [-0.1, -0.05) is 6.07 Å². The van der Waals surface area contributed by atoms with Crippen LogP contribution in [0.4, 0.5) is 0 Å². The minimum absolute atomic E-state index is 0.0987. The van der Waals surface area contributed by atoms with Crippen LogP contribution in [0, 0.1) is 10.8 Å². The van der Waals surface area contributed by atoms with E-state index in [0.717, 1.165) is 24.0 Å². The molecule has 1 atom stereocenters. The van der Waals surface area contributed by atoms with Crippen molar-refractivity contribution in [3.05, 3.63) is 23.3 Å². The van der Waals surface area contributed by atoms with Gasteiger partial charge >= 0.3 is 11.9 Å². The number of carbonyl (C=O) groups excluding carboxylic acids is 2. The molecule has 2 rings (SSSR count). The van der Waals surface area contributed by atoms with Gasteiger partial charge < -0.3 is 15.2 Å². The molecule has 0 saturated carbocycles. The zero-order valence-corrected chi connectivity index (χ0v) is 16.1. The van der Waals surface area contributed by atoms with Crippen molar-refractivity contribution in [1.82, 2.24) is 0 Å². The smallest absolute Gasteiger partial charge is 0.316 e. The van der Waals surface area contributed by atoms with Crippen molar-refractivity contribution < 1.29 is 19.1 Å². The molecule has 138 valence electrons. The van der Waals surface area contributed by atoms with Gasteiger partial charge in [0.25, 0.3) is 0 Å². The fraction of sp³-hybridized carbons (Fsp3) is 0.600. The lowest BCUT2D eigenvalue weighted by atomic mass is 9.87. The topological polar surface area (TPSA) is 78.6 Å². The molecule has 1 aliphatic carbocycles. The first kappa shape index (κ1) is 19.4. The van der Waals surface area contributed by atoms with Gasteiger partial charge in [0, 0.05) is 11.6 Å². The Labute approximate surface area is 149 Å². The molecule has 0 radical (unpaired) electrons. The number of esters is 2. The van der Waals surface area contributed by atoms with Gasteiger partial charge in [0.05, 0.1) is 10.8 Å². The van der Waals surface area contributed by atoms with Crippen LogP contribution in [0.5, 0.6) is 11.5 Å². The van der Waals surface area contributed by atoms with Crippen LogP contribution in [0.15, 0.2) is 12.1 Å². The Bertz CT molecular complexity index is 680. The SMILES string of the molecule is CC(C)(C)C(=O)Oc1ccc2c(c1OC(=O)C(C)(C)C)CCC(N)C2. The van der Waals surface area contributed by atoms with Crippen LogP contribution in [0.25, 0.3) is 0 Å². The van der Waals surface area contributed by atoms with Crippen LogP contribution < -0.4 is 15.2 Å². The summed E-state index contributed by atoms with van der Waals surface area (Å²) < 4.78 is 11.3. The molecular weight excluding hydrogens is 318 g/mol. The minimum Gasteiger partial charge on any atom is -0.422 e. The molecule has 1 aliphatic rings. The van der Waals surface area contributed by atoms with Crippen LogP contribution in [-0.4, -0.2) is 18.0 Å². The third-order valence-electron chi connectivity index (χ3n) is 4.19. The van der Waals surface area contributed by atoms with E-state index in [4.69, 9.17) is 15.2 Å². The van der Waals surface area contributed by atoms with Crippen molar-refractivity contribution in [3.8, 4) is 11.5 Å². The molecule has 1 aromatic carbocycles. The highest BCUT2D eigenvalue weighted by atomic mass is 16.6. The molecule has 25 heavy (non-hydrogen) atoms. The van der Waals surface area contributed by atoms with E-state index in [1.54, 1.807) is 47.6 Å². The lowest BCUT2D eigenvalue weighted by Crippen LogP contribution is -2.31. The zero-order valence-electron chi connectivity index (χ0n) is 16.1. The average Bonchev–Trinajstić information content (AvgIpc) is 2.47. The highest BCUT2D eigenvalue weighted by Crippen LogP contribution is 2.39. The van der Waals surface area contributed by atoms with Gasteiger partial charge in [-0.05, 0) is 72.4 Å². The molecule has 0 aromatic heterocycles. The van der Waals surface area contributed by atoms with Gasteiger partial charge in [-0.2, -0.15) is 0 Å². The maximum absolute atomic E-state index is 12.4. The molecule has 0 aliphatic heterocycles. The number of rotatable bonds is 2. The Hall–Kier alpha value is -1.88. The molecule has 0 spiro atoms. The van der Waals surface area contributed by atoms with E-state index in [9.17, 15) is 9.59 Å². The first-order valence-electron chi connectivity index (χ1n) is 8.74. The fourth-order valence-electron chi connectivity index (χ4n) is 2.52. The molecule has 1 aromatic rings. The fourth-order valence-corrected chi connectivity index (χ4v) is 2.52. The number of benzene rings is 1. The summed E-state index contributed by atoms with van der Waals surface area (Å²) in [4.78, 5) is 24.7. The van der Waals surface area contributed by atoms with E-state index in [0.29, 0.717) is 17.9 Å². The molecular formula is C20H29NO4. The van der Waals surface area contributed by atoms with Crippen LogP contribution in [-0.2, 0) is 22.4 Å². The number of hydrogen-bond acceptors (Lipinski definition) is 5. The first-order chi connectivity index (χ1) is 11.4. The van der Waals surface area contributed by atoms with Crippen molar-refractivity contribution in [3.63, 3.8) is 0 Å². The summed E-state index contributed by atoms with van der Waals surface area (Å²) in [7, 11) is 0. The molecule has 0 bridgehead atoms. The Morgan fingerprint density at radius 1 is 1.00 bits per heavy atom. The molecule has 5 heteroatoms. The van der Waals surface area contributed by atoms with Crippen LogP contribution in [0.2, 0.25) is 0 Å². The highest BCUT2D eigenvalue weighted by Gasteiger charge is 2.31. The molecule has 0 amide bonds. The van der Waals surface area contributed by atoms with Crippen molar-refractivity contribution in [2.45, 2.75) is 66.8 Å². The van der Waals surface area contributed by atoms with Crippen LogP contribution >= 0.6 is 0 Å². The number of fused-ring (bicyclic) bond motifs is 1. The lowest BCUT2D eigenvalue weighted by molar-refractivity contribution is -0.145. The minimum atomic E-state index is -0.654. The largest absolute Gasteiger partial charge is 0.422 e. The number of ether oxygens (including phenoxy) is 2. The first-order valence-corrected chi connectivity index (χ1v) is 8.74. The van der Waals surface area contributed by atoms with Gasteiger partial charge in [0.15, 0.2) is 11.5 Å². The van der Waals surface area contributed by atoms with E-state index >= 15 is 0 Å². The van der Waals surface area contributed by atoms with Crippen molar-refractivity contribution in [2.24, 2.45) is 16.6 Å². The second kappa shape index (κ2) is 6.79. The predicted molar refractivity (Wildman–Crippen MR) is 96.6 cm³/mol. The Kier molecular flexibility index (Phi) is 5.28. The molecule has 0 heterocycles. The summed E-state index contributed by atoms with van der Waals surface area (Å²) in [5.74, 6) is -0.0643. The predicted octanol–water partition coefficient (Wildman–Crippen LogP) is 3.41. The van der Waals surface area contributed by atoms with Gasteiger partial charge in [0.1, 0.15) is 0 Å². The molecule has 0 fully saturated rings. The normalized spacial score (nSPS) is 17.6. The maximum atomic E-state index is 12.4. The second-order valence-electron chi connectivity index (χ2n) is 8.81. The van der Waals surface area contributed by atoms with Crippen molar-refractivity contribution in [2.75, 3.05) is 0 Å². The summed E-state index contributed by atoms with van der Waals surface area (Å²) in [6.45, 7) is 10.7. The highest BCUT2D eigenvalue weighted by molar-refractivity contribution is 5.81. The second-order valence-corrected chi connectivity index (χ2v) is 8.81. The van der Waals surface area contributed by atoms with Gasteiger partial charge in [-0.15, -0.1) is 0 Å². The third kappa shape index (κ3) is 4.60. The van der Waals surface area contributed by atoms with E-state index in [1.165, 1.54) is 0 Å². The third-order valence-corrected chi connectivity index (χ3v) is 4.19. The Balaban J connectivity index is 2.45. The molecule has 2 N–H and O–H groups in total. The maximum Gasteiger partial charge on any atom is 0.316 e.